The Bertz CT molecular complexity index is 738. The first-order valence-corrected chi connectivity index (χ1v) is 13.6. The second-order valence-electron chi connectivity index (χ2n) is 11.1. The SMILES string of the molecule is C[C@@H]1[C@H]2C[C@@H](C[C@H]1NC(=O)c1ncccc1CO[Si](C)(C)C(C)(C)C)C2(C)C. The van der Waals surface area contributed by atoms with Crippen LogP contribution in [0.3, 0.4) is 0 Å². The summed E-state index contributed by atoms with van der Waals surface area (Å²) in [6.45, 7) is 18.7. The van der Waals surface area contributed by atoms with E-state index in [2.05, 4.69) is 64.9 Å². The molecule has 0 aliphatic heterocycles. The van der Waals surface area contributed by atoms with Crippen LogP contribution in [0.4, 0.5) is 0 Å². The minimum atomic E-state index is -1.88. The number of aromatic nitrogens is 1. The maximum atomic E-state index is 13.1. The van der Waals surface area contributed by atoms with Gasteiger partial charge < -0.3 is 9.74 Å². The van der Waals surface area contributed by atoms with Crippen LogP contribution >= 0.6 is 0 Å². The first-order valence-electron chi connectivity index (χ1n) is 10.7. The van der Waals surface area contributed by atoms with Crippen molar-refractivity contribution in [2.45, 2.75) is 85.2 Å². The zero-order valence-electron chi connectivity index (χ0n) is 18.9. The molecule has 3 aliphatic carbocycles. The number of hydrogen-bond acceptors (Lipinski definition) is 3. The molecule has 0 aromatic carbocycles. The van der Waals surface area contributed by atoms with Crippen LogP contribution in [0.2, 0.25) is 18.1 Å². The molecule has 4 rings (SSSR count). The summed E-state index contributed by atoms with van der Waals surface area (Å²) in [5, 5.41) is 3.45. The molecule has 1 aromatic rings. The van der Waals surface area contributed by atoms with Gasteiger partial charge in [0.25, 0.3) is 5.91 Å². The number of nitrogens with one attached hydrogen (secondary N) is 1. The predicted molar refractivity (Wildman–Crippen MR) is 117 cm³/mol. The molecule has 5 heteroatoms. The van der Waals surface area contributed by atoms with E-state index in [1.54, 1.807) is 6.20 Å². The monoisotopic (exact) mass is 402 g/mol. The number of nitrogens with zero attached hydrogens (tertiary/aromatic N) is 1. The highest BCUT2D eigenvalue weighted by atomic mass is 28.4. The summed E-state index contributed by atoms with van der Waals surface area (Å²) < 4.78 is 6.35. The van der Waals surface area contributed by atoms with Crippen molar-refractivity contribution in [1.29, 1.82) is 0 Å². The topological polar surface area (TPSA) is 51.2 Å². The van der Waals surface area contributed by atoms with Crippen LogP contribution in [-0.4, -0.2) is 25.3 Å². The van der Waals surface area contributed by atoms with E-state index in [9.17, 15) is 4.79 Å². The number of rotatable bonds is 5. The van der Waals surface area contributed by atoms with E-state index in [1.807, 2.05) is 12.1 Å². The Morgan fingerprint density at radius 3 is 2.57 bits per heavy atom. The summed E-state index contributed by atoms with van der Waals surface area (Å²) in [4.78, 5) is 17.5. The van der Waals surface area contributed by atoms with Crippen LogP contribution in [0.5, 0.6) is 0 Å². The molecule has 1 amide bonds. The van der Waals surface area contributed by atoms with Crippen LogP contribution < -0.4 is 5.32 Å². The number of carbonyl (C=O) groups excluding carboxylic acids is 1. The molecule has 1 aromatic heterocycles. The highest BCUT2D eigenvalue weighted by Gasteiger charge is 2.56. The van der Waals surface area contributed by atoms with E-state index in [0.29, 0.717) is 29.6 Å². The van der Waals surface area contributed by atoms with Crippen LogP contribution in [0.25, 0.3) is 0 Å². The summed E-state index contributed by atoms with van der Waals surface area (Å²) in [6, 6.07) is 4.11. The molecule has 156 valence electrons. The van der Waals surface area contributed by atoms with Crippen LogP contribution in [0.1, 0.15) is 70.4 Å². The van der Waals surface area contributed by atoms with Crippen molar-refractivity contribution in [3.05, 3.63) is 29.6 Å². The van der Waals surface area contributed by atoms with E-state index >= 15 is 0 Å². The number of pyridine rings is 1. The third-order valence-electron chi connectivity index (χ3n) is 8.17. The quantitative estimate of drug-likeness (QED) is 0.671. The second-order valence-corrected chi connectivity index (χ2v) is 15.9. The van der Waals surface area contributed by atoms with Gasteiger partial charge in [-0.3, -0.25) is 9.78 Å². The zero-order chi connectivity index (χ0) is 20.9. The Hall–Kier alpha value is -1.20. The smallest absolute Gasteiger partial charge is 0.270 e. The molecule has 1 heterocycles. The van der Waals surface area contributed by atoms with Gasteiger partial charge in [0.2, 0.25) is 0 Å². The normalized spacial score (nSPS) is 29.1. The highest BCUT2D eigenvalue weighted by Crippen LogP contribution is 2.61. The summed E-state index contributed by atoms with van der Waals surface area (Å²) in [5.74, 6) is 1.90. The van der Waals surface area contributed by atoms with E-state index in [4.69, 9.17) is 4.43 Å². The fourth-order valence-electron chi connectivity index (χ4n) is 4.81. The van der Waals surface area contributed by atoms with Crippen LogP contribution in [-0.2, 0) is 11.0 Å². The third kappa shape index (κ3) is 3.80. The summed E-state index contributed by atoms with van der Waals surface area (Å²) >= 11 is 0. The van der Waals surface area contributed by atoms with Gasteiger partial charge in [-0.15, -0.1) is 0 Å². The van der Waals surface area contributed by atoms with E-state index < -0.39 is 8.32 Å². The van der Waals surface area contributed by atoms with Gasteiger partial charge >= 0.3 is 0 Å². The molecule has 4 nitrogen and oxygen atoms in total. The fraction of sp³-hybridized carbons (Fsp3) is 0.739. The van der Waals surface area contributed by atoms with Crippen molar-refractivity contribution in [3.63, 3.8) is 0 Å². The van der Waals surface area contributed by atoms with Gasteiger partial charge in [-0.1, -0.05) is 47.6 Å². The van der Waals surface area contributed by atoms with Crippen LogP contribution in [0, 0.1) is 23.2 Å². The lowest BCUT2D eigenvalue weighted by Crippen LogP contribution is -2.60. The Labute approximate surface area is 172 Å². The van der Waals surface area contributed by atoms with Crippen molar-refractivity contribution < 1.29 is 9.22 Å². The largest absolute Gasteiger partial charge is 0.412 e. The van der Waals surface area contributed by atoms with Crippen molar-refractivity contribution in [2.24, 2.45) is 23.2 Å². The van der Waals surface area contributed by atoms with E-state index in [0.717, 1.165) is 17.9 Å². The average molecular weight is 403 g/mol. The molecule has 3 fully saturated rings. The Morgan fingerprint density at radius 2 is 2.00 bits per heavy atom. The van der Waals surface area contributed by atoms with Gasteiger partial charge in [0.15, 0.2) is 8.32 Å². The van der Waals surface area contributed by atoms with Gasteiger partial charge in [-0.25, -0.2) is 0 Å². The van der Waals surface area contributed by atoms with Gasteiger partial charge in [-0.2, -0.15) is 0 Å². The molecule has 0 radical (unpaired) electrons. The molecule has 1 N–H and O–H groups in total. The Balaban J connectivity index is 1.68. The predicted octanol–water partition coefficient (Wildman–Crippen LogP) is 5.40. The summed E-state index contributed by atoms with van der Waals surface area (Å²) in [6.07, 6.45) is 4.10. The van der Waals surface area contributed by atoms with Gasteiger partial charge in [0, 0.05) is 17.8 Å². The number of carbonyl (C=O) groups is 1. The molecule has 2 bridgehead atoms. The van der Waals surface area contributed by atoms with Crippen molar-refractivity contribution in [2.75, 3.05) is 0 Å². The van der Waals surface area contributed by atoms with Crippen LogP contribution in [0.15, 0.2) is 18.3 Å². The lowest BCUT2D eigenvalue weighted by Gasteiger charge is -2.62. The Morgan fingerprint density at radius 1 is 1.32 bits per heavy atom. The molecule has 0 spiro atoms. The minimum Gasteiger partial charge on any atom is -0.412 e. The van der Waals surface area contributed by atoms with Crippen molar-refractivity contribution in [1.82, 2.24) is 10.3 Å². The number of fused-ring (bicyclic) bond motifs is 2. The first-order chi connectivity index (χ1) is 12.8. The van der Waals surface area contributed by atoms with E-state index in [1.165, 1.54) is 6.42 Å². The average Bonchev–Trinajstić information content (AvgIpc) is 2.60. The first kappa shape index (κ1) is 21.5. The maximum absolute atomic E-state index is 13.1. The molecule has 0 saturated heterocycles. The lowest BCUT2D eigenvalue weighted by molar-refractivity contribution is -0.113. The van der Waals surface area contributed by atoms with Gasteiger partial charge in [0.05, 0.1) is 6.61 Å². The summed E-state index contributed by atoms with van der Waals surface area (Å²) in [7, 11) is -1.88. The second kappa shape index (κ2) is 7.24. The minimum absolute atomic E-state index is 0.0506. The molecule has 28 heavy (non-hydrogen) atoms. The molecular weight excluding hydrogens is 364 g/mol. The van der Waals surface area contributed by atoms with Crippen molar-refractivity contribution in [3.8, 4) is 0 Å². The molecule has 3 saturated carbocycles. The van der Waals surface area contributed by atoms with Gasteiger partial charge in [-0.05, 0) is 60.2 Å². The lowest BCUT2D eigenvalue weighted by atomic mass is 9.45. The zero-order valence-corrected chi connectivity index (χ0v) is 19.9. The Kier molecular flexibility index (Phi) is 5.56. The number of hydrogen-bond donors (Lipinski definition) is 1. The molecule has 0 unspecified atom stereocenters. The summed E-state index contributed by atoms with van der Waals surface area (Å²) in [5.41, 5.74) is 1.83. The highest BCUT2D eigenvalue weighted by molar-refractivity contribution is 6.74. The number of amides is 1. The fourth-order valence-corrected chi connectivity index (χ4v) is 5.76. The van der Waals surface area contributed by atoms with E-state index in [-0.39, 0.29) is 17.0 Å². The third-order valence-corrected chi connectivity index (χ3v) is 12.7. The molecule has 4 atom stereocenters. The van der Waals surface area contributed by atoms with Gasteiger partial charge in [0.1, 0.15) is 5.69 Å². The molecule has 3 aliphatic rings. The maximum Gasteiger partial charge on any atom is 0.270 e. The molecular formula is C23H38N2O2Si. The standard InChI is InChI=1S/C23H38N2O2Si/c1-15-18-12-17(23(18,5)6)13-19(15)25-21(26)20-16(10-9-11-24-20)14-27-28(7,8)22(2,3)4/h9-11,15,17-19H,12-14H2,1-8H3,(H,25,26)/t15-,17+,18-,19-/m1/s1. The van der Waals surface area contributed by atoms with Crippen molar-refractivity contribution >= 4 is 14.2 Å².